The molecule has 0 spiro atoms. The van der Waals surface area contributed by atoms with Crippen molar-refractivity contribution in [1.29, 1.82) is 0 Å². The van der Waals surface area contributed by atoms with Gasteiger partial charge in [0.1, 0.15) is 0 Å². The van der Waals surface area contributed by atoms with Crippen molar-refractivity contribution in [2.45, 2.75) is 13.3 Å². The highest BCUT2D eigenvalue weighted by Crippen LogP contribution is 2.37. The number of rotatable bonds is 4. The van der Waals surface area contributed by atoms with Crippen LogP contribution in [0.4, 0.5) is 0 Å². The largest absolute Gasteiger partial charge is 0.328 e. The van der Waals surface area contributed by atoms with Gasteiger partial charge in [0.05, 0.1) is 6.61 Å². The topological polar surface area (TPSA) is 26.3 Å². The molecular weight excluding hydrogens is 147 g/mol. The van der Waals surface area contributed by atoms with Crippen LogP contribution in [0, 0.1) is 0 Å². The van der Waals surface area contributed by atoms with E-state index in [9.17, 15) is 4.57 Å². The fourth-order valence-electron chi connectivity index (χ4n) is 0.440. The molecule has 0 saturated heterocycles. The van der Waals surface area contributed by atoms with Crippen molar-refractivity contribution in [3.05, 3.63) is 12.2 Å². The van der Waals surface area contributed by atoms with Crippen LogP contribution in [0.2, 0.25) is 0 Å². The van der Waals surface area contributed by atoms with Crippen LogP contribution in [0.1, 0.15) is 13.3 Å². The van der Waals surface area contributed by atoms with E-state index in [4.69, 9.17) is 4.52 Å². The first kappa shape index (κ1) is 9.93. The lowest BCUT2D eigenvalue weighted by Gasteiger charge is -2.06. The third-order valence-corrected chi connectivity index (χ3v) is 1.74. The fourth-order valence-corrected chi connectivity index (χ4v) is 0.971. The Morgan fingerprint density at radius 1 is 1.60 bits per heavy atom. The third kappa shape index (κ3) is 7.93. The van der Waals surface area contributed by atoms with Gasteiger partial charge in [0, 0.05) is 13.3 Å². The molecule has 2 nitrogen and oxygen atoms in total. The minimum Gasteiger partial charge on any atom is -0.328 e. The quantitative estimate of drug-likeness (QED) is 0.469. The molecule has 0 atom stereocenters. The van der Waals surface area contributed by atoms with Crippen LogP contribution in [0.5, 0.6) is 0 Å². The van der Waals surface area contributed by atoms with Gasteiger partial charge in [0.2, 0.25) is 0 Å². The van der Waals surface area contributed by atoms with Gasteiger partial charge in [-0.3, -0.25) is 4.57 Å². The highest BCUT2D eigenvalue weighted by molar-refractivity contribution is 7.57. The molecule has 0 bridgehead atoms. The normalized spacial score (nSPS) is 11.5. The summed E-state index contributed by atoms with van der Waals surface area (Å²) in [5.74, 6) is 0. The smallest absolute Gasteiger partial charge is 0.197 e. The second-order valence-corrected chi connectivity index (χ2v) is 5.55. The molecule has 0 amide bonds. The fraction of sp³-hybridized carbons (Fsp3) is 0.714. The molecule has 0 aliphatic carbocycles. The van der Waals surface area contributed by atoms with Crippen molar-refractivity contribution >= 4 is 7.37 Å². The van der Waals surface area contributed by atoms with Crippen molar-refractivity contribution in [3.63, 3.8) is 0 Å². The molecule has 0 rings (SSSR count). The maximum atomic E-state index is 10.9. The van der Waals surface area contributed by atoms with Gasteiger partial charge in [-0.05, 0) is 13.3 Å². The Morgan fingerprint density at radius 2 is 2.10 bits per heavy atom. The van der Waals surface area contributed by atoms with Crippen LogP contribution in [0.25, 0.3) is 0 Å². The molecule has 0 unspecified atom stereocenters. The molecule has 0 saturated carbocycles. The molecule has 0 heterocycles. The van der Waals surface area contributed by atoms with E-state index in [2.05, 4.69) is 6.58 Å². The summed E-state index contributed by atoms with van der Waals surface area (Å²) in [6.07, 6.45) is 0.797. The molecule has 60 valence electrons. The number of hydrogen-bond acceptors (Lipinski definition) is 2. The van der Waals surface area contributed by atoms with Gasteiger partial charge in [-0.2, -0.15) is 0 Å². The summed E-state index contributed by atoms with van der Waals surface area (Å²) in [6, 6.07) is 0. The van der Waals surface area contributed by atoms with Gasteiger partial charge < -0.3 is 4.52 Å². The minimum atomic E-state index is -2.26. The van der Waals surface area contributed by atoms with Crippen molar-refractivity contribution in [2.24, 2.45) is 0 Å². The molecule has 0 fully saturated rings. The van der Waals surface area contributed by atoms with Crippen molar-refractivity contribution in [2.75, 3.05) is 19.9 Å². The summed E-state index contributed by atoms with van der Waals surface area (Å²) in [5.41, 5.74) is 1.06. The first-order valence-electron chi connectivity index (χ1n) is 3.26. The van der Waals surface area contributed by atoms with Gasteiger partial charge in [-0.25, -0.2) is 0 Å². The van der Waals surface area contributed by atoms with Gasteiger partial charge in [0.15, 0.2) is 7.37 Å². The van der Waals surface area contributed by atoms with Crippen LogP contribution in [-0.4, -0.2) is 19.9 Å². The summed E-state index contributed by atoms with van der Waals surface area (Å²) < 4.78 is 16.0. The minimum absolute atomic E-state index is 0.527. The second-order valence-electron chi connectivity index (χ2n) is 2.79. The molecule has 0 aromatic rings. The van der Waals surface area contributed by atoms with Gasteiger partial charge in [-0.1, -0.05) is 5.57 Å². The summed E-state index contributed by atoms with van der Waals surface area (Å²) in [7, 11) is -2.26. The predicted octanol–water partition coefficient (Wildman–Crippen LogP) is 2.51. The highest BCUT2D eigenvalue weighted by atomic mass is 31.2. The van der Waals surface area contributed by atoms with E-state index < -0.39 is 7.37 Å². The maximum absolute atomic E-state index is 10.9. The Morgan fingerprint density at radius 3 is 2.40 bits per heavy atom. The Balaban J connectivity index is 3.39. The summed E-state index contributed by atoms with van der Waals surface area (Å²) >= 11 is 0. The lowest BCUT2D eigenvalue weighted by Crippen LogP contribution is -1.90. The van der Waals surface area contributed by atoms with Crippen LogP contribution in [-0.2, 0) is 9.09 Å². The Labute approximate surface area is 62.7 Å². The van der Waals surface area contributed by atoms with E-state index >= 15 is 0 Å². The average molecular weight is 162 g/mol. The number of hydrogen-bond donors (Lipinski definition) is 0. The second kappa shape index (κ2) is 3.95. The SMILES string of the molecule is C=C(C)CCOP(C)(C)=O. The van der Waals surface area contributed by atoms with Crippen molar-refractivity contribution in [3.8, 4) is 0 Å². The molecule has 0 aliphatic heterocycles. The molecule has 0 aliphatic rings. The van der Waals surface area contributed by atoms with Crippen molar-refractivity contribution in [1.82, 2.24) is 0 Å². The zero-order valence-electron chi connectivity index (χ0n) is 6.89. The maximum Gasteiger partial charge on any atom is 0.197 e. The van der Waals surface area contributed by atoms with E-state index in [1.165, 1.54) is 0 Å². The standard InChI is InChI=1S/C7H15O2P/c1-7(2)5-6-9-10(3,4)8/h1,5-6H2,2-4H3. The molecule has 3 heteroatoms. The lowest BCUT2D eigenvalue weighted by molar-refractivity contribution is 0.324. The van der Waals surface area contributed by atoms with Crippen molar-refractivity contribution < 1.29 is 9.09 Å². The highest BCUT2D eigenvalue weighted by Gasteiger charge is 2.04. The van der Waals surface area contributed by atoms with Gasteiger partial charge in [0.25, 0.3) is 0 Å². The zero-order valence-corrected chi connectivity index (χ0v) is 7.78. The Kier molecular flexibility index (Phi) is 3.92. The van der Waals surface area contributed by atoms with E-state index in [1.54, 1.807) is 13.3 Å². The molecule has 10 heavy (non-hydrogen) atoms. The van der Waals surface area contributed by atoms with E-state index in [0.29, 0.717) is 6.61 Å². The monoisotopic (exact) mass is 162 g/mol. The van der Waals surface area contributed by atoms with Crippen LogP contribution >= 0.6 is 7.37 Å². The summed E-state index contributed by atoms with van der Waals surface area (Å²) in [5, 5.41) is 0. The molecule has 0 N–H and O–H groups in total. The molecule has 0 radical (unpaired) electrons. The summed E-state index contributed by atoms with van der Waals surface area (Å²) in [6.45, 7) is 9.40. The van der Waals surface area contributed by atoms with Gasteiger partial charge in [-0.15, -0.1) is 6.58 Å². The Hall–Kier alpha value is -0.0700. The lowest BCUT2D eigenvalue weighted by atomic mass is 10.3. The van der Waals surface area contributed by atoms with Crippen LogP contribution in [0.15, 0.2) is 12.2 Å². The molecule has 0 aromatic carbocycles. The average Bonchev–Trinajstić information content (AvgIpc) is 1.59. The zero-order chi connectivity index (χ0) is 8.20. The molecule has 0 aromatic heterocycles. The Bertz CT molecular complexity index is 157. The van der Waals surface area contributed by atoms with E-state index in [1.807, 2.05) is 6.92 Å². The first-order chi connectivity index (χ1) is 4.42. The first-order valence-corrected chi connectivity index (χ1v) is 5.77. The van der Waals surface area contributed by atoms with E-state index in [-0.39, 0.29) is 0 Å². The predicted molar refractivity (Wildman–Crippen MR) is 44.8 cm³/mol. The van der Waals surface area contributed by atoms with E-state index in [0.717, 1.165) is 12.0 Å². The third-order valence-electron chi connectivity index (χ3n) is 0.931. The van der Waals surface area contributed by atoms with Crippen LogP contribution < -0.4 is 0 Å². The van der Waals surface area contributed by atoms with Crippen LogP contribution in [0.3, 0.4) is 0 Å². The summed E-state index contributed by atoms with van der Waals surface area (Å²) in [4.78, 5) is 0. The van der Waals surface area contributed by atoms with Gasteiger partial charge >= 0.3 is 0 Å². The molecular formula is C7H15O2P.